The molecule has 21 heavy (non-hydrogen) atoms. The molecule has 0 bridgehead atoms. The first-order valence-corrected chi connectivity index (χ1v) is 9.07. The first kappa shape index (κ1) is 16.0. The molecule has 1 N–H and O–H groups in total. The molecule has 1 unspecified atom stereocenters. The van der Waals surface area contributed by atoms with Crippen LogP contribution in [0.2, 0.25) is 0 Å². The summed E-state index contributed by atoms with van der Waals surface area (Å²) in [5.41, 5.74) is 0.466. The molecule has 1 fully saturated rings. The SMILES string of the molecule is CCC(NS(=O)(=O)c1ccc(C#N)cc1)C1CCCCC1. The fraction of sp³-hybridized carbons (Fsp3) is 0.562. The summed E-state index contributed by atoms with van der Waals surface area (Å²) in [4.78, 5) is 0.232. The summed E-state index contributed by atoms with van der Waals surface area (Å²) in [7, 11) is -3.51. The fourth-order valence-electron chi connectivity index (χ4n) is 3.03. The first-order chi connectivity index (χ1) is 10.1. The summed E-state index contributed by atoms with van der Waals surface area (Å²) in [5.74, 6) is 0.442. The maximum absolute atomic E-state index is 12.4. The molecule has 1 aliphatic carbocycles. The number of hydrogen-bond donors (Lipinski definition) is 1. The van der Waals surface area contributed by atoms with E-state index in [9.17, 15) is 8.42 Å². The molecule has 0 heterocycles. The third kappa shape index (κ3) is 4.05. The van der Waals surface area contributed by atoms with Gasteiger partial charge in [0.1, 0.15) is 0 Å². The third-order valence-corrected chi connectivity index (χ3v) is 5.76. The Bertz CT molecular complexity index is 596. The molecule has 0 amide bonds. The van der Waals surface area contributed by atoms with Gasteiger partial charge < -0.3 is 0 Å². The smallest absolute Gasteiger partial charge is 0.208 e. The minimum Gasteiger partial charge on any atom is -0.208 e. The van der Waals surface area contributed by atoms with Crippen LogP contribution < -0.4 is 4.72 Å². The number of nitriles is 1. The lowest BCUT2D eigenvalue weighted by Gasteiger charge is -2.30. The van der Waals surface area contributed by atoms with Crippen molar-refractivity contribution in [3.05, 3.63) is 29.8 Å². The van der Waals surface area contributed by atoms with Crippen LogP contribution in [0.5, 0.6) is 0 Å². The lowest BCUT2D eigenvalue weighted by atomic mass is 9.83. The van der Waals surface area contributed by atoms with E-state index < -0.39 is 10.0 Å². The molecule has 0 aliphatic heterocycles. The zero-order chi connectivity index (χ0) is 15.3. The van der Waals surface area contributed by atoms with Crippen molar-refractivity contribution in [2.24, 2.45) is 5.92 Å². The number of rotatable bonds is 5. The Morgan fingerprint density at radius 1 is 1.24 bits per heavy atom. The summed E-state index contributed by atoms with van der Waals surface area (Å²) < 4.78 is 27.8. The minimum absolute atomic E-state index is 0.00550. The molecule has 1 saturated carbocycles. The van der Waals surface area contributed by atoms with Gasteiger partial charge in [-0.05, 0) is 49.4 Å². The number of nitrogens with zero attached hydrogens (tertiary/aromatic N) is 1. The lowest BCUT2D eigenvalue weighted by molar-refractivity contribution is 0.285. The molecule has 0 saturated heterocycles. The van der Waals surface area contributed by atoms with Gasteiger partial charge in [0.05, 0.1) is 16.5 Å². The summed E-state index contributed by atoms with van der Waals surface area (Å²) in [6, 6.07) is 8.06. The van der Waals surface area contributed by atoms with E-state index >= 15 is 0 Å². The van der Waals surface area contributed by atoms with E-state index in [0.717, 1.165) is 19.3 Å². The van der Waals surface area contributed by atoms with Crippen LogP contribution in [0.3, 0.4) is 0 Å². The first-order valence-electron chi connectivity index (χ1n) is 7.59. The molecule has 4 nitrogen and oxygen atoms in total. The summed E-state index contributed by atoms with van der Waals surface area (Å²) in [6.07, 6.45) is 6.66. The van der Waals surface area contributed by atoms with Crippen LogP contribution in [0.25, 0.3) is 0 Å². The van der Waals surface area contributed by atoms with E-state index in [0.29, 0.717) is 11.5 Å². The second-order valence-electron chi connectivity index (χ2n) is 5.67. The highest BCUT2D eigenvalue weighted by Gasteiger charge is 2.27. The maximum atomic E-state index is 12.4. The van der Waals surface area contributed by atoms with E-state index in [1.54, 1.807) is 0 Å². The van der Waals surface area contributed by atoms with Gasteiger partial charge in [-0.25, -0.2) is 13.1 Å². The monoisotopic (exact) mass is 306 g/mol. The molecule has 0 aromatic heterocycles. The molecule has 2 rings (SSSR count). The molecule has 114 valence electrons. The Labute approximate surface area is 127 Å². The predicted molar refractivity (Wildman–Crippen MR) is 82.1 cm³/mol. The van der Waals surface area contributed by atoms with Gasteiger partial charge in [0, 0.05) is 6.04 Å². The molecule has 0 spiro atoms. The average Bonchev–Trinajstić information content (AvgIpc) is 2.53. The Kier molecular flexibility index (Phi) is 5.38. The van der Waals surface area contributed by atoms with Crippen LogP contribution in [0.4, 0.5) is 0 Å². The third-order valence-electron chi connectivity index (χ3n) is 4.26. The van der Waals surface area contributed by atoms with E-state index in [1.165, 1.54) is 43.5 Å². The fourth-order valence-corrected chi connectivity index (χ4v) is 4.41. The van der Waals surface area contributed by atoms with E-state index in [4.69, 9.17) is 5.26 Å². The van der Waals surface area contributed by atoms with Crippen molar-refractivity contribution in [2.45, 2.75) is 56.4 Å². The van der Waals surface area contributed by atoms with Crippen molar-refractivity contribution in [1.29, 1.82) is 5.26 Å². The summed E-state index contributed by atoms with van der Waals surface area (Å²) in [6.45, 7) is 2.03. The van der Waals surface area contributed by atoms with Gasteiger partial charge in [0.15, 0.2) is 0 Å². The van der Waals surface area contributed by atoms with Gasteiger partial charge in [0.2, 0.25) is 10.0 Å². The number of nitrogens with one attached hydrogen (secondary N) is 1. The van der Waals surface area contributed by atoms with Crippen LogP contribution >= 0.6 is 0 Å². The van der Waals surface area contributed by atoms with Gasteiger partial charge in [-0.1, -0.05) is 26.2 Å². The zero-order valence-electron chi connectivity index (χ0n) is 12.4. The Hall–Kier alpha value is -1.38. The van der Waals surface area contributed by atoms with Crippen LogP contribution in [0.1, 0.15) is 51.0 Å². The number of benzene rings is 1. The molecule has 1 aliphatic rings. The zero-order valence-corrected chi connectivity index (χ0v) is 13.2. The van der Waals surface area contributed by atoms with Crippen LogP contribution in [-0.4, -0.2) is 14.5 Å². The van der Waals surface area contributed by atoms with Crippen LogP contribution in [0.15, 0.2) is 29.2 Å². The Balaban J connectivity index is 2.12. The topological polar surface area (TPSA) is 70.0 Å². The number of hydrogen-bond acceptors (Lipinski definition) is 3. The second kappa shape index (κ2) is 7.06. The molecule has 1 atom stereocenters. The molecule has 1 aromatic carbocycles. The van der Waals surface area contributed by atoms with Crippen molar-refractivity contribution in [3.63, 3.8) is 0 Å². The highest BCUT2D eigenvalue weighted by molar-refractivity contribution is 7.89. The van der Waals surface area contributed by atoms with Crippen molar-refractivity contribution in [2.75, 3.05) is 0 Å². The van der Waals surface area contributed by atoms with E-state index in [-0.39, 0.29) is 10.9 Å². The summed E-state index contributed by atoms with van der Waals surface area (Å²) in [5, 5.41) is 8.77. The maximum Gasteiger partial charge on any atom is 0.240 e. The van der Waals surface area contributed by atoms with Crippen LogP contribution in [0, 0.1) is 17.2 Å². The van der Waals surface area contributed by atoms with Crippen LogP contribution in [-0.2, 0) is 10.0 Å². The molecular formula is C16H22N2O2S. The highest BCUT2D eigenvalue weighted by atomic mass is 32.2. The molecular weight excluding hydrogens is 284 g/mol. The van der Waals surface area contributed by atoms with Crippen molar-refractivity contribution in [3.8, 4) is 6.07 Å². The van der Waals surface area contributed by atoms with Crippen molar-refractivity contribution < 1.29 is 8.42 Å². The normalized spacial score (nSPS) is 18.1. The van der Waals surface area contributed by atoms with Gasteiger partial charge in [-0.15, -0.1) is 0 Å². The Morgan fingerprint density at radius 2 is 1.86 bits per heavy atom. The largest absolute Gasteiger partial charge is 0.240 e. The van der Waals surface area contributed by atoms with Gasteiger partial charge in [0.25, 0.3) is 0 Å². The van der Waals surface area contributed by atoms with E-state index in [1.807, 2.05) is 13.0 Å². The Morgan fingerprint density at radius 3 is 2.38 bits per heavy atom. The standard InChI is InChI=1S/C16H22N2O2S/c1-2-16(14-6-4-3-5-7-14)18-21(19,20)15-10-8-13(12-17)9-11-15/h8-11,14,16,18H,2-7H2,1H3. The van der Waals surface area contributed by atoms with E-state index in [2.05, 4.69) is 4.72 Å². The molecule has 1 aromatic rings. The number of sulfonamides is 1. The van der Waals surface area contributed by atoms with Crippen molar-refractivity contribution in [1.82, 2.24) is 4.72 Å². The van der Waals surface area contributed by atoms with Gasteiger partial charge >= 0.3 is 0 Å². The van der Waals surface area contributed by atoms with Crippen molar-refractivity contribution >= 4 is 10.0 Å². The molecule has 5 heteroatoms. The summed E-state index contributed by atoms with van der Waals surface area (Å²) >= 11 is 0. The molecule has 0 radical (unpaired) electrons. The predicted octanol–water partition coefficient (Wildman–Crippen LogP) is 3.20. The van der Waals surface area contributed by atoms with Gasteiger partial charge in [-0.3, -0.25) is 0 Å². The second-order valence-corrected chi connectivity index (χ2v) is 7.38. The highest BCUT2D eigenvalue weighted by Crippen LogP contribution is 2.28. The average molecular weight is 306 g/mol. The quantitative estimate of drug-likeness (QED) is 0.908. The lowest BCUT2D eigenvalue weighted by Crippen LogP contribution is -2.40. The minimum atomic E-state index is -3.51. The van der Waals surface area contributed by atoms with Gasteiger partial charge in [-0.2, -0.15) is 5.26 Å².